The van der Waals surface area contributed by atoms with E-state index in [1.807, 2.05) is 61.5 Å². The second-order valence-electron chi connectivity index (χ2n) is 5.23. The molecule has 5 heteroatoms. The molecule has 0 radical (unpaired) electrons. The summed E-state index contributed by atoms with van der Waals surface area (Å²) in [6, 6.07) is 17.3. The largest absolute Gasteiger partial charge is 0.497 e. The summed E-state index contributed by atoms with van der Waals surface area (Å²) in [4.78, 5) is 17.4. The maximum Gasteiger partial charge on any atom is 0.350 e. The lowest BCUT2D eigenvalue weighted by Crippen LogP contribution is -2.05. The van der Waals surface area contributed by atoms with Crippen molar-refractivity contribution in [1.29, 1.82) is 0 Å². The number of aromatic nitrogens is 1. The van der Waals surface area contributed by atoms with Crippen LogP contribution in [0.4, 0.5) is 0 Å². The van der Waals surface area contributed by atoms with Crippen LogP contribution in [0.25, 0.3) is 10.6 Å². The first-order valence-corrected chi connectivity index (χ1v) is 8.32. The van der Waals surface area contributed by atoms with Gasteiger partial charge in [-0.05, 0) is 24.6 Å². The van der Waals surface area contributed by atoms with Crippen LogP contribution in [0.2, 0.25) is 0 Å². The van der Waals surface area contributed by atoms with E-state index in [1.165, 1.54) is 11.3 Å². The number of rotatable bonds is 5. The van der Waals surface area contributed by atoms with Gasteiger partial charge in [0.1, 0.15) is 22.2 Å². The van der Waals surface area contributed by atoms with E-state index in [0.29, 0.717) is 10.6 Å². The van der Waals surface area contributed by atoms with Crippen molar-refractivity contribution in [3.05, 3.63) is 70.7 Å². The highest BCUT2D eigenvalue weighted by Crippen LogP contribution is 2.28. The highest BCUT2D eigenvalue weighted by atomic mass is 32.1. The molecular formula is C19H17NO3S. The fourth-order valence-corrected chi connectivity index (χ4v) is 3.23. The van der Waals surface area contributed by atoms with Gasteiger partial charge in [-0.1, -0.05) is 42.5 Å². The Hall–Kier alpha value is -2.66. The summed E-state index contributed by atoms with van der Waals surface area (Å²) in [5, 5.41) is 0.821. The monoisotopic (exact) mass is 339 g/mol. The van der Waals surface area contributed by atoms with Gasteiger partial charge in [0.2, 0.25) is 0 Å². The van der Waals surface area contributed by atoms with Crippen LogP contribution in [0.1, 0.15) is 20.9 Å². The number of ether oxygens (including phenoxy) is 2. The predicted octanol–water partition coefficient (Wildman–Crippen LogP) is 4.48. The Bertz CT molecular complexity index is 843. The highest BCUT2D eigenvalue weighted by molar-refractivity contribution is 7.17. The number of hydrogen-bond donors (Lipinski definition) is 0. The van der Waals surface area contributed by atoms with E-state index in [2.05, 4.69) is 4.98 Å². The zero-order valence-corrected chi connectivity index (χ0v) is 14.3. The van der Waals surface area contributed by atoms with Crippen LogP contribution in [-0.4, -0.2) is 18.1 Å². The first-order valence-electron chi connectivity index (χ1n) is 7.50. The average Bonchev–Trinajstić information content (AvgIpc) is 3.02. The average molecular weight is 339 g/mol. The van der Waals surface area contributed by atoms with Crippen LogP contribution in [0.3, 0.4) is 0 Å². The molecule has 3 rings (SSSR count). The van der Waals surface area contributed by atoms with Gasteiger partial charge in [0, 0.05) is 5.56 Å². The van der Waals surface area contributed by atoms with Crippen LogP contribution in [0, 0.1) is 6.92 Å². The molecule has 122 valence electrons. The van der Waals surface area contributed by atoms with Crippen LogP contribution in [0.5, 0.6) is 5.75 Å². The van der Waals surface area contributed by atoms with E-state index >= 15 is 0 Å². The van der Waals surface area contributed by atoms with E-state index in [-0.39, 0.29) is 12.6 Å². The highest BCUT2D eigenvalue weighted by Gasteiger charge is 2.17. The molecule has 1 heterocycles. The quantitative estimate of drug-likeness (QED) is 0.643. The van der Waals surface area contributed by atoms with Crippen molar-refractivity contribution in [3.8, 4) is 16.3 Å². The van der Waals surface area contributed by atoms with Crippen molar-refractivity contribution >= 4 is 17.3 Å². The first-order chi connectivity index (χ1) is 11.7. The molecule has 0 N–H and O–H groups in total. The molecule has 0 spiro atoms. The number of esters is 1. The lowest BCUT2D eigenvalue weighted by Gasteiger charge is -2.05. The van der Waals surface area contributed by atoms with Gasteiger partial charge in [-0.3, -0.25) is 0 Å². The standard InChI is InChI=1S/C19H17NO3S/c1-13-17(24-18(20-13)15-8-4-3-5-9-15)19(21)23-12-14-7-6-10-16(11-14)22-2/h3-11H,12H2,1-2H3. The van der Waals surface area contributed by atoms with Crippen molar-refractivity contribution < 1.29 is 14.3 Å². The zero-order valence-electron chi connectivity index (χ0n) is 13.5. The number of methoxy groups -OCH3 is 1. The summed E-state index contributed by atoms with van der Waals surface area (Å²) < 4.78 is 10.6. The smallest absolute Gasteiger partial charge is 0.350 e. The molecule has 2 aromatic carbocycles. The molecule has 0 aliphatic carbocycles. The second kappa shape index (κ2) is 7.27. The number of aryl methyl sites for hydroxylation is 1. The van der Waals surface area contributed by atoms with Crippen molar-refractivity contribution in [1.82, 2.24) is 4.98 Å². The molecule has 0 fully saturated rings. The topological polar surface area (TPSA) is 48.4 Å². The molecule has 3 aromatic rings. The molecule has 1 aromatic heterocycles. The lowest BCUT2D eigenvalue weighted by atomic mass is 10.2. The second-order valence-corrected chi connectivity index (χ2v) is 6.23. The Labute approximate surface area is 144 Å². The van der Waals surface area contributed by atoms with Gasteiger partial charge >= 0.3 is 5.97 Å². The summed E-state index contributed by atoms with van der Waals surface area (Å²) in [5.41, 5.74) is 2.57. The van der Waals surface area contributed by atoms with E-state index < -0.39 is 0 Å². The molecule has 0 aliphatic heterocycles. The summed E-state index contributed by atoms with van der Waals surface area (Å²) >= 11 is 1.35. The van der Waals surface area contributed by atoms with Crippen LogP contribution in [0.15, 0.2) is 54.6 Å². The third kappa shape index (κ3) is 3.63. The lowest BCUT2D eigenvalue weighted by molar-refractivity contribution is 0.0477. The van der Waals surface area contributed by atoms with Crippen LogP contribution in [-0.2, 0) is 11.3 Å². The third-order valence-corrected chi connectivity index (χ3v) is 4.69. The number of carbonyl (C=O) groups is 1. The van der Waals surface area contributed by atoms with Gasteiger partial charge in [0.05, 0.1) is 12.8 Å². The van der Waals surface area contributed by atoms with Gasteiger partial charge in [-0.2, -0.15) is 0 Å². The van der Waals surface area contributed by atoms with Gasteiger partial charge < -0.3 is 9.47 Å². The molecule has 0 atom stereocenters. The minimum atomic E-state index is -0.352. The van der Waals surface area contributed by atoms with Crippen LogP contribution >= 0.6 is 11.3 Å². The summed E-state index contributed by atoms with van der Waals surface area (Å²) in [7, 11) is 1.61. The summed E-state index contributed by atoms with van der Waals surface area (Å²) in [6.45, 7) is 2.03. The molecule has 0 amide bonds. The molecule has 0 unspecified atom stereocenters. The molecule has 0 aliphatic rings. The third-order valence-electron chi connectivity index (χ3n) is 3.51. The Morgan fingerprint density at radius 3 is 2.67 bits per heavy atom. The van der Waals surface area contributed by atoms with Crippen molar-refractivity contribution in [2.75, 3.05) is 7.11 Å². The fourth-order valence-electron chi connectivity index (χ4n) is 2.27. The maximum absolute atomic E-state index is 12.4. The number of carbonyl (C=O) groups excluding carboxylic acids is 1. The van der Waals surface area contributed by atoms with E-state index in [1.54, 1.807) is 7.11 Å². The Balaban J connectivity index is 1.72. The van der Waals surface area contributed by atoms with Gasteiger partial charge in [-0.25, -0.2) is 9.78 Å². The van der Waals surface area contributed by atoms with Crippen LogP contribution < -0.4 is 4.74 Å². The molecule has 0 bridgehead atoms. The summed E-state index contributed by atoms with van der Waals surface area (Å²) in [6.07, 6.45) is 0. The normalized spacial score (nSPS) is 10.4. The molecule has 0 saturated heterocycles. The summed E-state index contributed by atoms with van der Waals surface area (Å²) in [5.74, 6) is 0.388. The molecule has 4 nitrogen and oxygen atoms in total. The number of hydrogen-bond acceptors (Lipinski definition) is 5. The number of nitrogens with zero attached hydrogens (tertiary/aromatic N) is 1. The van der Waals surface area contributed by atoms with Crippen molar-refractivity contribution in [3.63, 3.8) is 0 Å². The Kier molecular flexibility index (Phi) is 4.91. The maximum atomic E-state index is 12.4. The molecule has 24 heavy (non-hydrogen) atoms. The van der Waals surface area contributed by atoms with Gasteiger partial charge in [-0.15, -0.1) is 11.3 Å². The van der Waals surface area contributed by atoms with E-state index in [4.69, 9.17) is 9.47 Å². The number of thiazole rings is 1. The number of benzene rings is 2. The Morgan fingerprint density at radius 2 is 1.92 bits per heavy atom. The van der Waals surface area contributed by atoms with E-state index in [0.717, 1.165) is 21.9 Å². The molecule has 0 saturated carbocycles. The van der Waals surface area contributed by atoms with E-state index in [9.17, 15) is 4.79 Å². The Morgan fingerprint density at radius 1 is 1.12 bits per heavy atom. The van der Waals surface area contributed by atoms with Crippen molar-refractivity contribution in [2.45, 2.75) is 13.5 Å². The van der Waals surface area contributed by atoms with Gasteiger partial charge in [0.25, 0.3) is 0 Å². The fraction of sp³-hybridized carbons (Fsp3) is 0.158. The SMILES string of the molecule is COc1cccc(COC(=O)c2sc(-c3ccccc3)nc2C)c1. The van der Waals surface area contributed by atoms with Gasteiger partial charge in [0.15, 0.2) is 0 Å². The molecular weight excluding hydrogens is 322 g/mol. The predicted molar refractivity (Wildman–Crippen MR) is 94.4 cm³/mol. The minimum Gasteiger partial charge on any atom is -0.497 e. The van der Waals surface area contributed by atoms with Crippen molar-refractivity contribution in [2.24, 2.45) is 0 Å². The minimum absolute atomic E-state index is 0.202. The first kappa shape index (κ1) is 16.2. The zero-order chi connectivity index (χ0) is 16.9.